The van der Waals surface area contributed by atoms with E-state index in [9.17, 15) is 0 Å². The molecule has 4 heteroatoms. The van der Waals surface area contributed by atoms with Crippen molar-refractivity contribution in [1.29, 1.82) is 0 Å². The molecule has 0 spiro atoms. The summed E-state index contributed by atoms with van der Waals surface area (Å²) in [5.41, 5.74) is 1.31. The van der Waals surface area contributed by atoms with Crippen molar-refractivity contribution < 1.29 is 4.74 Å². The van der Waals surface area contributed by atoms with E-state index in [1.165, 1.54) is 37.2 Å². The molecule has 2 unspecified atom stereocenters. The maximum atomic E-state index is 5.06. The zero-order chi connectivity index (χ0) is 13.1. The van der Waals surface area contributed by atoms with Crippen LogP contribution in [0.5, 0.6) is 0 Å². The summed E-state index contributed by atoms with van der Waals surface area (Å²) in [5.74, 6) is 2.10. The van der Waals surface area contributed by atoms with Gasteiger partial charge in [-0.1, -0.05) is 6.07 Å². The second-order valence-corrected chi connectivity index (χ2v) is 5.64. The van der Waals surface area contributed by atoms with E-state index in [0.29, 0.717) is 0 Å². The Morgan fingerprint density at radius 2 is 2.42 bits per heavy atom. The van der Waals surface area contributed by atoms with Crippen molar-refractivity contribution >= 4 is 5.82 Å². The SMILES string of the molecule is COCCNCc1cccnc1N1CC2CCC1C2. The van der Waals surface area contributed by atoms with E-state index in [4.69, 9.17) is 4.74 Å². The maximum absolute atomic E-state index is 5.06. The minimum Gasteiger partial charge on any atom is -0.383 e. The molecule has 1 N–H and O–H groups in total. The first-order valence-electron chi connectivity index (χ1n) is 7.28. The topological polar surface area (TPSA) is 37.4 Å². The van der Waals surface area contributed by atoms with Gasteiger partial charge in [0.2, 0.25) is 0 Å². The number of hydrogen-bond acceptors (Lipinski definition) is 4. The molecule has 19 heavy (non-hydrogen) atoms. The molecular weight excluding hydrogens is 238 g/mol. The van der Waals surface area contributed by atoms with Gasteiger partial charge in [0.25, 0.3) is 0 Å². The summed E-state index contributed by atoms with van der Waals surface area (Å²) in [7, 11) is 1.73. The van der Waals surface area contributed by atoms with E-state index in [1.807, 2.05) is 12.3 Å². The highest BCUT2D eigenvalue weighted by Gasteiger charge is 2.38. The predicted molar refractivity (Wildman–Crippen MR) is 76.3 cm³/mol. The van der Waals surface area contributed by atoms with Crippen LogP contribution in [0, 0.1) is 5.92 Å². The van der Waals surface area contributed by atoms with Gasteiger partial charge in [-0.25, -0.2) is 4.98 Å². The highest BCUT2D eigenvalue weighted by Crippen LogP contribution is 2.40. The summed E-state index contributed by atoms with van der Waals surface area (Å²) in [5, 5.41) is 3.42. The van der Waals surface area contributed by atoms with E-state index in [0.717, 1.165) is 31.7 Å². The summed E-state index contributed by atoms with van der Waals surface area (Å²) in [6.07, 6.45) is 6.04. The van der Waals surface area contributed by atoms with Gasteiger partial charge in [0.1, 0.15) is 5.82 Å². The van der Waals surface area contributed by atoms with E-state index in [1.54, 1.807) is 7.11 Å². The Labute approximate surface area is 115 Å². The minimum atomic E-state index is 0.734. The summed E-state index contributed by atoms with van der Waals surface area (Å²) >= 11 is 0. The number of hydrogen-bond donors (Lipinski definition) is 1. The maximum Gasteiger partial charge on any atom is 0.133 e. The molecule has 1 aliphatic carbocycles. The van der Waals surface area contributed by atoms with Crippen molar-refractivity contribution in [2.75, 3.05) is 31.7 Å². The van der Waals surface area contributed by atoms with Gasteiger partial charge in [0, 0.05) is 44.5 Å². The molecule has 1 saturated heterocycles. The van der Waals surface area contributed by atoms with Gasteiger partial charge >= 0.3 is 0 Å². The first-order valence-corrected chi connectivity index (χ1v) is 7.28. The molecule has 2 fully saturated rings. The van der Waals surface area contributed by atoms with Gasteiger partial charge in [-0.15, -0.1) is 0 Å². The first-order chi connectivity index (χ1) is 9.38. The van der Waals surface area contributed by atoms with Crippen LogP contribution < -0.4 is 10.2 Å². The summed E-state index contributed by atoms with van der Waals surface area (Å²) in [4.78, 5) is 7.16. The normalized spacial score (nSPS) is 25.2. The van der Waals surface area contributed by atoms with E-state index >= 15 is 0 Å². The van der Waals surface area contributed by atoms with Crippen molar-refractivity contribution in [2.24, 2.45) is 5.92 Å². The fourth-order valence-electron chi connectivity index (χ4n) is 3.41. The van der Waals surface area contributed by atoms with Gasteiger partial charge in [-0.2, -0.15) is 0 Å². The quantitative estimate of drug-likeness (QED) is 0.793. The Kier molecular flexibility index (Phi) is 3.99. The van der Waals surface area contributed by atoms with Crippen molar-refractivity contribution in [3.63, 3.8) is 0 Å². The highest BCUT2D eigenvalue weighted by molar-refractivity contribution is 5.49. The zero-order valence-corrected chi connectivity index (χ0v) is 11.6. The lowest BCUT2D eigenvalue weighted by atomic mass is 10.1. The Morgan fingerprint density at radius 3 is 3.16 bits per heavy atom. The first kappa shape index (κ1) is 12.9. The van der Waals surface area contributed by atoms with Gasteiger partial charge < -0.3 is 15.0 Å². The lowest BCUT2D eigenvalue weighted by molar-refractivity contribution is 0.199. The Hall–Kier alpha value is -1.13. The predicted octanol–water partition coefficient (Wildman–Crippen LogP) is 1.81. The average molecular weight is 261 g/mol. The summed E-state index contributed by atoms with van der Waals surface area (Å²) < 4.78 is 5.06. The van der Waals surface area contributed by atoms with Crippen molar-refractivity contribution in [3.05, 3.63) is 23.9 Å². The molecule has 1 saturated carbocycles. The Morgan fingerprint density at radius 1 is 1.47 bits per heavy atom. The molecule has 4 nitrogen and oxygen atoms in total. The highest BCUT2D eigenvalue weighted by atomic mass is 16.5. The van der Waals surface area contributed by atoms with Crippen LogP contribution in [0.4, 0.5) is 5.82 Å². The fraction of sp³-hybridized carbons (Fsp3) is 0.667. The molecule has 0 amide bonds. The van der Waals surface area contributed by atoms with Gasteiger partial charge in [-0.3, -0.25) is 0 Å². The molecule has 1 aliphatic heterocycles. The smallest absolute Gasteiger partial charge is 0.133 e. The molecule has 2 heterocycles. The lowest BCUT2D eigenvalue weighted by Gasteiger charge is -2.29. The number of aromatic nitrogens is 1. The molecule has 1 aromatic rings. The number of pyridine rings is 1. The lowest BCUT2D eigenvalue weighted by Crippen LogP contribution is -2.34. The van der Waals surface area contributed by atoms with Crippen molar-refractivity contribution in [1.82, 2.24) is 10.3 Å². The number of nitrogens with zero attached hydrogens (tertiary/aromatic N) is 2. The van der Waals surface area contributed by atoms with E-state index in [2.05, 4.69) is 21.3 Å². The fourth-order valence-corrected chi connectivity index (χ4v) is 3.41. The summed E-state index contributed by atoms with van der Waals surface area (Å²) in [6.45, 7) is 3.72. The number of rotatable bonds is 6. The number of ether oxygens (including phenoxy) is 1. The molecule has 0 aromatic carbocycles. The molecular formula is C15H23N3O. The van der Waals surface area contributed by atoms with Crippen LogP contribution in [0.15, 0.2) is 18.3 Å². The number of anilines is 1. The summed E-state index contributed by atoms with van der Waals surface area (Å²) in [6, 6.07) is 4.96. The van der Waals surface area contributed by atoms with Crippen LogP contribution in [0.2, 0.25) is 0 Å². The monoisotopic (exact) mass is 261 g/mol. The van der Waals surface area contributed by atoms with Gasteiger partial charge in [0.15, 0.2) is 0 Å². The Balaban J connectivity index is 1.67. The molecule has 2 atom stereocenters. The van der Waals surface area contributed by atoms with E-state index < -0.39 is 0 Å². The average Bonchev–Trinajstić information content (AvgIpc) is 3.07. The molecule has 2 bridgehead atoms. The van der Waals surface area contributed by atoms with Crippen LogP contribution in [-0.4, -0.2) is 37.8 Å². The number of nitrogens with one attached hydrogen (secondary N) is 1. The van der Waals surface area contributed by atoms with Crippen LogP contribution in [-0.2, 0) is 11.3 Å². The third-order valence-electron chi connectivity index (χ3n) is 4.35. The van der Waals surface area contributed by atoms with Crippen molar-refractivity contribution in [3.8, 4) is 0 Å². The number of fused-ring (bicyclic) bond motifs is 2. The minimum absolute atomic E-state index is 0.734. The third kappa shape index (κ3) is 2.74. The van der Waals surface area contributed by atoms with Crippen LogP contribution >= 0.6 is 0 Å². The van der Waals surface area contributed by atoms with Crippen LogP contribution in [0.1, 0.15) is 24.8 Å². The second-order valence-electron chi connectivity index (χ2n) is 5.64. The second kappa shape index (κ2) is 5.88. The zero-order valence-electron chi connectivity index (χ0n) is 11.6. The van der Waals surface area contributed by atoms with Gasteiger partial charge in [0.05, 0.1) is 6.61 Å². The Bertz CT molecular complexity index is 424. The standard InChI is InChI=1S/C15H23N3O/c1-19-8-7-16-10-13-3-2-6-17-15(13)18-11-12-4-5-14(18)9-12/h2-3,6,12,14,16H,4-5,7-11H2,1H3. The van der Waals surface area contributed by atoms with Gasteiger partial charge in [-0.05, 0) is 31.2 Å². The number of piperidine rings is 1. The number of methoxy groups -OCH3 is 1. The van der Waals surface area contributed by atoms with Crippen molar-refractivity contribution in [2.45, 2.75) is 31.8 Å². The third-order valence-corrected chi connectivity index (χ3v) is 4.35. The molecule has 2 aliphatic rings. The molecule has 0 radical (unpaired) electrons. The molecule has 104 valence electrons. The molecule has 1 aromatic heterocycles. The van der Waals surface area contributed by atoms with Crippen LogP contribution in [0.3, 0.4) is 0 Å². The molecule has 3 rings (SSSR count). The van der Waals surface area contributed by atoms with Crippen LogP contribution in [0.25, 0.3) is 0 Å². The largest absolute Gasteiger partial charge is 0.383 e. The van der Waals surface area contributed by atoms with E-state index in [-0.39, 0.29) is 0 Å².